The van der Waals surface area contributed by atoms with E-state index in [4.69, 9.17) is 33.0 Å². The highest BCUT2D eigenvalue weighted by atomic mass is 35.5. The van der Waals surface area contributed by atoms with E-state index in [1.54, 1.807) is 0 Å². The van der Waals surface area contributed by atoms with Crippen molar-refractivity contribution in [2.45, 2.75) is 5.02 Å². The number of rotatable bonds is 2. The number of phosphoric ester groups is 1. The molecule has 0 radical (unpaired) electrons. The lowest BCUT2D eigenvalue weighted by Gasteiger charge is -2.02. The lowest BCUT2D eigenvalue weighted by molar-refractivity contribution is 0.211. The predicted molar refractivity (Wildman–Crippen MR) is 33.6 cm³/mol. The average molecular weight is 198 g/mol. The molecule has 0 aromatic carbocycles. The molecule has 0 rings (SSSR count). The minimum Gasteiger partial charge on any atom is -0.344 e. The van der Waals surface area contributed by atoms with Gasteiger partial charge in [-0.1, -0.05) is 23.2 Å². The van der Waals surface area contributed by atoms with Gasteiger partial charge < -0.3 is 15.9 Å². The molecule has 0 aromatic rings. The number of hydrogen-bond donors (Lipinski definition) is 3. The molecular weight excluding hydrogens is 192 g/mol. The second-order valence-corrected chi connectivity index (χ2v) is 3.06. The van der Waals surface area contributed by atoms with Crippen LogP contribution in [-0.2, 0) is 9.09 Å². The first-order valence-electron chi connectivity index (χ1n) is 1.44. The van der Waals surface area contributed by atoms with E-state index in [1.807, 2.05) is 0 Å². The molecule has 0 atom stereocenters. The molecule has 5 nitrogen and oxygen atoms in total. The van der Waals surface area contributed by atoms with Crippen molar-refractivity contribution in [2.24, 2.45) is 0 Å². The molecule has 0 bridgehead atoms. The monoisotopic (exact) mass is 197 g/mol. The standard InChI is InChI=1S/CH3Cl2O4P.H3N/c2-1(3)7-8(4,5)6;/h1H,(H2,4,5,6);1H3. The second-order valence-electron chi connectivity index (χ2n) is 0.857. The molecular formula is CH6Cl2NO4P. The van der Waals surface area contributed by atoms with Crippen LogP contribution in [0.4, 0.5) is 0 Å². The molecule has 0 heterocycles. The Bertz CT molecular complexity index is 111. The van der Waals surface area contributed by atoms with Gasteiger partial charge in [-0.05, 0) is 0 Å². The molecule has 0 unspecified atom stereocenters. The summed E-state index contributed by atoms with van der Waals surface area (Å²) in [6, 6.07) is 0. The van der Waals surface area contributed by atoms with Crippen molar-refractivity contribution in [1.29, 1.82) is 0 Å². The Morgan fingerprint density at radius 2 is 1.78 bits per heavy atom. The minimum absolute atomic E-state index is 0. The summed E-state index contributed by atoms with van der Waals surface area (Å²) < 4.78 is 13.4. The number of alkyl halides is 2. The van der Waals surface area contributed by atoms with Gasteiger partial charge in [0.25, 0.3) is 0 Å². The molecule has 0 saturated heterocycles. The molecule has 9 heavy (non-hydrogen) atoms. The van der Waals surface area contributed by atoms with Crippen LogP contribution in [0.1, 0.15) is 0 Å². The van der Waals surface area contributed by atoms with Gasteiger partial charge in [0.15, 0.2) is 0 Å². The number of phosphoric acid groups is 1. The third kappa shape index (κ3) is 12.0. The predicted octanol–water partition coefficient (Wildman–Crippen LogP) is 1.02. The number of hydrogen-bond acceptors (Lipinski definition) is 3. The Balaban J connectivity index is 0. The summed E-state index contributed by atoms with van der Waals surface area (Å²) in [5.41, 5.74) is 0. The van der Waals surface area contributed by atoms with E-state index in [0.29, 0.717) is 0 Å². The lowest BCUT2D eigenvalue weighted by Crippen LogP contribution is -1.91. The van der Waals surface area contributed by atoms with E-state index in [1.165, 1.54) is 0 Å². The van der Waals surface area contributed by atoms with Gasteiger partial charge in [-0.2, -0.15) is 0 Å². The maximum absolute atomic E-state index is 9.74. The quantitative estimate of drug-likeness (QED) is 0.454. The number of halogens is 2. The Morgan fingerprint density at radius 1 is 1.44 bits per heavy atom. The van der Waals surface area contributed by atoms with Gasteiger partial charge in [-0.25, -0.2) is 4.57 Å². The van der Waals surface area contributed by atoms with Crippen LogP contribution < -0.4 is 6.15 Å². The fourth-order valence-electron chi connectivity index (χ4n) is 0.104. The van der Waals surface area contributed by atoms with Crippen molar-refractivity contribution in [2.75, 3.05) is 0 Å². The highest BCUT2D eigenvalue weighted by Crippen LogP contribution is 2.39. The van der Waals surface area contributed by atoms with Gasteiger partial charge in [0.2, 0.25) is 5.02 Å². The van der Waals surface area contributed by atoms with Gasteiger partial charge >= 0.3 is 7.82 Å². The third-order valence-electron chi connectivity index (χ3n) is 0.217. The second kappa shape index (κ2) is 4.46. The van der Waals surface area contributed by atoms with Gasteiger partial charge in [-0.15, -0.1) is 0 Å². The average Bonchev–Trinajstić information content (AvgIpc) is 1.21. The molecule has 5 N–H and O–H groups in total. The van der Waals surface area contributed by atoms with Crippen LogP contribution in [0.15, 0.2) is 0 Å². The summed E-state index contributed by atoms with van der Waals surface area (Å²) in [5, 5.41) is -1.48. The molecule has 0 aliphatic rings. The van der Waals surface area contributed by atoms with Crippen LogP contribution in [0.3, 0.4) is 0 Å². The third-order valence-corrected chi connectivity index (χ3v) is 1.13. The van der Waals surface area contributed by atoms with Crippen molar-refractivity contribution in [1.82, 2.24) is 6.15 Å². The van der Waals surface area contributed by atoms with Crippen molar-refractivity contribution in [3.63, 3.8) is 0 Å². The zero-order valence-electron chi connectivity index (χ0n) is 4.20. The largest absolute Gasteiger partial charge is 0.472 e. The van der Waals surface area contributed by atoms with Gasteiger partial charge in [-0.3, -0.25) is 4.52 Å². The van der Waals surface area contributed by atoms with E-state index in [-0.39, 0.29) is 6.15 Å². The first kappa shape index (κ1) is 12.3. The van der Waals surface area contributed by atoms with E-state index in [9.17, 15) is 4.57 Å². The van der Waals surface area contributed by atoms with Crippen LogP contribution >= 0.6 is 31.0 Å². The summed E-state index contributed by atoms with van der Waals surface area (Å²) >= 11 is 9.63. The first-order chi connectivity index (χ1) is 3.42. The molecule has 0 spiro atoms. The zero-order chi connectivity index (χ0) is 6.78. The summed E-state index contributed by atoms with van der Waals surface area (Å²) in [4.78, 5) is 15.8. The first-order valence-corrected chi connectivity index (χ1v) is 3.84. The molecule has 0 aliphatic carbocycles. The van der Waals surface area contributed by atoms with E-state index < -0.39 is 12.8 Å². The maximum Gasteiger partial charge on any atom is 0.472 e. The molecule has 0 aromatic heterocycles. The van der Waals surface area contributed by atoms with Crippen molar-refractivity contribution >= 4 is 31.0 Å². The lowest BCUT2D eigenvalue weighted by atomic mass is 11.7. The molecule has 0 saturated carbocycles. The van der Waals surface area contributed by atoms with Crippen molar-refractivity contribution in [3.05, 3.63) is 0 Å². The summed E-state index contributed by atoms with van der Waals surface area (Å²) in [6.07, 6.45) is 0. The minimum atomic E-state index is -4.49. The topological polar surface area (TPSA) is 102 Å². The van der Waals surface area contributed by atoms with E-state index in [0.717, 1.165) is 0 Å². The van der Waals surface area contributed by atoms with E-state index in [2.05, 4.69) is 4.52 Å². The Kier molecular flexibility index (Phi) is 6.12. The van der Waals surface area contributed by atoms with Gasteiger partial charge in [0, 0.05) is 0 Å². The smallest absolute Gasteiger partial charge is 0.344 e. The molecule has 0 amide bonds. The van der Waals surface area contributed by atoms with Crippen LogP contribution in [-0.4, -0.2) is 14.8 Å². The van der Waals surface area contributed by atoms with Crippen molar-refractivity contribution in [3.8, 4) is 0 Å². The summed E-state index contributed by atoms with van der Waals surface area (Å²) in [7, 11) is -4.49. The Morgan fingerprint density at radius 3 is 1.78 bits per heavy atom. The highest BCUT2D eigenvalue weighted by Gasteiger charge is 2.17. The Hall–Kier alpha value is 0.650. The van der Waals surface area contributed by atoms with Crippen LogP contribution in [0.5, 0.6) is 0 Å². The zero-order valence-corrected chi connectivity index (χ0v) is 6.60. The highest BCUT2D eigenvalue weighted by molar-refractivity contribution is 7.46. The van der Waals surface area contributed by atoms with E-state index >= 15 is 0 Å². The molecule has 8 heteroatoms. The van der Waals surface area contributed by atoms with Gasteiger partial charge in [0.1, 0.15) is 0 Å². The summed E-state index contributed by atoms with van der Waals surface area (Å²) in [5.74, 6) is 0. The SMILES string of the molecule is N.O=P(O)(O)OC(Cl)Cl. The van der Waals surface area contributed by atoms with Crippen LogP contribution in [0.2, 0.25) is 0 Å². The van der Waals surface area contributed by atoms with Crippen LogP contribution in [0, 0.1) is 0 Å². The fraction of sp³-hybridized carbons (Fsp3) is 1.00. The van der Waals surface area contributed by atoms with Crippen molar-refractivity contribution < 1.29 is 18.9 Å². The Labute approximate surface area is 61.7 Å². The maximum atomic E-state index is 9.74. The van der Waals surface area contributed by atoms with Crippen LogP contribution in [0.25, 0.3) is 0 Å². The fourth-order valence-corrected chi connectivity index (χ4v) is 0.934. The normalized spacial score (nSPS) is 11.2. The summed E-state index contributed by atoms with van der Waals surface area (Å²) in [6.45, 7) is 0. The molecule has 58 valence electrons. The van der Waals surface area contributed by atoms with Gasteiger partial charge in [0.05, 0.1) is 0 Å². The molecule has 0 aliphatic heterocycles. The molecule has 0 fully saturated rings.